The minimum Gasteiger partial charge on any atom is -0.308 e. The van der Waals surface area contributed by atoms with Crippen LogP contribution in [0.3, 0.4) is 0 Å². The SMILES string of the molecule is CNC(C(=O)N/N=C/c1ccc(C)cc1)C(C)(C)C. The van der Waals surface area contributed by atoms with Crippen LogP contribution >= 0.6 is 0 Å². The number of likely N-dealkylation sites (N-methyl/N-ethyl adjacent to an activating group) is 1. The second-order valence-corrected chi connectivity index (χ2v) is 5.73. The highest BCUT2D eigenvalue weighted by Gasteiger charge is 2.29. The van der Waals surface area contributed by atoms with Crippen molar-refractivity contribution in [1.29, 1.82) is 0 Å². The van der Waals surface area contributed by atoms with Crippen molar-refractivity contribution in [2.45, 2.75) is 33.7 Å². The molecule has 1 amide bonds. The number of hydrazone groups is 1. The first kappa shape index (κ1) is 15.4. The normalized spacial score (nSPS) is 13.5. The van der Waals surface area contributed by atoms with E-state index in [1.807, 2.05) is 52.0 Å². The van der Waals surface area contributed by atoms with Gasteiger partial charge in [0, 0.05) is 0 Å². The number of amides is 1. The van der Waals surface area contributed by atoms with E-state index in [1.54, 1.807) is 13.3 Å². The van der Waals surface area contributed by atoms with Crippen LogP contribution in [0.15, 0.2) is 29.4 Å². The van der Waals surface area contributed by atoms with Gasteiger partial charge in [0.05, 0.1) is 12.3 Å². The highest BCUT2D eigenvalue weighted by Crippen LogP contribution is 2.18. The Kier molecular flexibility index (Phi) is 5.24. The van der Waals surface area contributed by atoms with Crippen LogP contribution in [0.25, 0.3) is 0 Å². The minimum atomic E-state index is -0.275. The molecule has 4 nitrogen and oxygen atoms in total. The number of carbonyl (C=O) groups excluding carboxylic acids is 1. The van der Waals surface area contributed by atoms with E-state index in [-0.39, 0.29) is 17.4 Å². The predicted octanol–water partition coefficient (Wildman–Crippen LogP) is 2.08. The molecule has 0 saturated carbocycles. The molecule has 1 unspecified atom stereocenters. The molecule has 0 aromatic heterocycles. The zero-order valence-corrected chi connectivity index (χ0v) is 12.3. The molecular weight excluding hydrogens is 238 g/mol. The lowest BCUT2D eigenvalue weighted by molar-refractivity contribution is -0.125. The van der Waals surface area contributed by atoms with Gasteiger partial charge in [0.2, 0.25) is 0 Å². The first-order valence-corrected chi connectivity index (χ1v) is 6.41. The molecule has 1 rings (SSSR count). The maximum absolute atomic E-state index is 12.0. The third kappa shape index (κ3) is 4.83. The average molecular weight is 261 g/mol. The Hall–Kier alpha value is -1.68. The summed E-state index contributed by atoms with van der Waals surface area (Å²) in [5.41, 5.74) is 4.58. The van der Waals surface area contributed by atoms with E-state index >= 15 is 0 Å². The summed E-state index contributed by atoms with van der Waals surface area (Å²) in [6, 6.07) is 7.67. The van der Waals surface area contributed by atoms with Gasteiger partial charge in [-0.2, -0.15) is 5.10 Å². The number of nitrogens with one attached hydrogen (secondary N) is 2. The average Bonchev–Trinajstić information content (AvgIpc) is 2.30. The molecule has 1 atom stereocenters. The van der Waals surface area contributed by atoms with Gasteiger partial charge in [0.25, 0.3) is 5.91 Å². The molecule has 0 bridgehead atoms. The largest absolute Gasteiger partial charge is 0.308 e. The number of aryl methyl sites for hydroxylation is 1. The summed E-state index contributed by atoms with van der Waals surface area (Å²) >= 11 is 0. The van der Waals surface area contributed by atoms with Crippen molar-refractivity contribution in [2.24, 2.45) is 10.5 Å². The monoisotopic (exact) mass is 261 g/mol. The summed E-state index contributed by atoms with van der Waals surface area (Å²) in [7, 11) is 1.78. The van der Waals surface area contributed by atoms with Crippen LogP contribution in [0.5, 0.6) is 0 Å². The molecule has 0 aliphatic carbocycles. The zero-order chi connectivity index (χ0) is 14.5. The second kappa shape index (κ2) is 6.48. The predicted molar refractivity (Wildman–Crippen MR) is 79.2 cm³/mol. The molecule has 1 aromatic rings. The molecule has 1 aromatic carbocycles. The number of benzene rings is 1. The van der Waals surface area contributed by atoms with E-state index in [1.165, 1.54) is 5.56 Å². The van der Waals surface area contributed by atoms with Crippen molar-refractivity contribution in [3.05, 3.63) is 35.4 Å². The number of hydrogen-bond donors (Lipinski definition) is 2. The smallest absolute Gasteiger partial charge is 0.257 e. The van der Waals surface area contributed by atoms with E-state index in [9.17, 15) is 4.79 Å². The first-order chi connectivity index (χ1) is 8.84. The van der Waals surface area contributed by atoms with Crippen molar-refractivity contribution in [2.75, 3.05) is 7.05 Å². The number of nitrogens with zero attached hydrogens (tertiary/aromatic N) is 1. The van der Waals surface area contributed by atoms with Gasteiger partial charge < -0.3 is 5.32 Å². The van der Waals surface area contributed by atoms with E-state index in [0.29, 0.717) is 0 Å². The maximum atomic E-state index is 12.0. The Bertz CT molecular complexity index is 443. The summed E-state index contributed by atoms with van der Waals surface area (Å²) in [6.45, 7) is 8.07. The lowest BCUT2D eigenvalue weighted by Crippen LogP contribution is -2.49. The standard InChI is InChI=1S/C15H23N3O/c1-11-6-8-12(9-7-11)10-17-18-14(19)13(16-5)15(2,3)4/h6-10,13,16H,1-5H3,(H,18,19)/b17-10+. The summed E-state index contributed by atoms with van der Waals surface area (Å²) in [5, 5.41) is 7.00. The van der Waals surface area contributed by atoms with Crippen molar-refractivity contribution < 1.29 is 4.79 Å². The highest BCUT2D eigenvalue weighted by molar-refractivity contribution is 5.85. The number of carbonyl (C=O) groups is 1. The van der Waals surface area contributed by atoms with Crippen molar-refractivity contribution in [3.8, 4) is 0 Å². The zero-order valence-electron chi connectivity index (χ0n) is 12.3. The Morgan fingerprint density at radius 2 is 1.84 bits per heavy atom. The summed E-state index contributed by atoms with van der Waals surface area (Å²) in [5.74, 6) is -0.127. The molecule has 0 heterocycles. The van der Waals surface area contributed by atoms with E-state index < -0.39 is 0 Å². The molecule has 0 spiro atoms. The quantitative estimate of drug-likeness (QED) is 0.644. The summed E-state index contributed by atoms with van der Waals surface area (Å²) in [4.78, 5) is 12.0. The fraction of sp³-hybridized carbons (Fsp3) is 0.467. The van der Waals surface area contributed by atoms with Crippen LogP contribution in [0.2, 0.25) is 0 Å². The second-order valence-electron chi connectivity index (χ2n) is 5.73. The molecule has 0 aliphatic rings. The van der Waals surface area contributed by atoms with Gasteiger partial charge in [-0.05, 0) is 24.9 Å². The van der Waals surface area contributed by atoms with Crippen LogP contribution < -0.4 is 10.7 Å². The first-order valence-electron chi connectivity index (χ1n) is 6.41. The third-order valence-corrected chi connectivity index (χ3v) is 2.88. The Morgan fingerprint density at radius 3 is 2.32 bits per heavy atom. The summed E-state index contributed by atoms with van der Waals surface area (Å²) in [6.07, 6.45) is 1.65. The molecule has 0 radical (unpaired) electrons. The van der Waals surface area contributed by atoms with Gasteiger partial charge in [-0.15, -0.1) is 0 Å². The molecule has 104 valence electrons. The third-order valence-electron chi connectivity index (χ3n) is 2.88. The van der Waals surface area contributed by atoms with Crippen LogP contribution in [0, 0.1) is 12.3 Å². The minimum absolute atomic E-state index is 0.127. The highest BCUT2D eigenvalue weighted by atomic mass is 16.2. The lowest BCUT2D eigenvalue weighted by atomic mass is 9.86. The fourth-order valence-electron chi connectivity index (χ4n) is 1.84. The van der Waals surface area contributed by atoms with Crippen LogP contribution in [-0.4, -0.2) is 25.2 Å². The fourth-order valence-corrected chi connectivity index (χ4v) is 1.84. The van der Waals surface area contributed by atoms with Crippen molar-refractivity contribution >= 4 is 12.1 Å². The Labute approximate surface area is 115 Å². The number of hydrogen-bond acceptors (Lipinski definition) is 3. The van der Waals surface area contributed by atoms with Crippen LogP contribution in [-0.2, 0) is 4.79 Å². The molecule has 2 N–H and O–H groups in total. The molecule has 0 aliphatic heterocycles. The van der Waals surface area contributed by atoms with Gasteiger partial charge in [-0.3, -0.25) is 4.79 Å². The molecular formula is C15H23N3O. The van der Waals surface area contributed by atoms with Gasteiger partial charge in [0.1, 0.15) is 0 Å². The van der Waals surface area contributed by atoms with E-state index in [4.69, 9.17) is 0 Å². The van der Waals surface area contributed by atoms with Gasteiger partial charge in [-0.25, -0.2) is 5.43 Å². The summed E-state index contributed by atoms with van der Waals surface area (Å²) < 4.78 is 0. The van der Waals surface area contributed by atoms with Gasteiger partial charge in [-0.1, -0.05) is 50.6 Å². The van der Waals surface area contributed by atoms with Crippen molar-refractivity contribution in [3.63, 3.8) is 0 Å². The topological polar surface area (TPSA) is 53.5 Å². The molecule has 0 fully saturated rings. The van der Waals surface area contributed by atoms with Crippen LogP contribution in [0.1, 0.15) is 31.9 Å². The van der Waals surface area contributed by atoms with Crippen LogP contribution in [0.4, 0.5) is 0 Å². The molecule has 4 heteroatoms. The Morgan fingerprint density at radius 1 is 1.26 bits per heavy atom. The lowest BCUT2D eigenvalue weighted by Gasteiger charge is -2.28. The Balaban J connectivity index is 2.61. The van der Waals surface area contributed by atoms with E-state index in [0.717, 1.165) is 5.56 Å². The molecule has 19 heavy (non-hydrogen) atoms. The molecule has 0 saturated heterocycles. The maximum Gasteiger partial charge on any atom is 0.257 e. The number of rotatable bonds is 4. The van der Waals surface area contributed by atoms with Gasteiger partial charge in [0.15, 0.2) is 0 Å². The van der Waals surface area contributed by atoms with E-state index in [2.05, 4.69) is 15.8 Å². The van der Waals surface area contributed by atoms with Crippen molar-refractivity contribution in [1.82, 2.24) is 10.7 Å². The van der Waals surface area contributed by atoms with Gasteiger partial charge >= 0.3 is 0 Å².